The van der Waals surface area contributed by atoms with Crippen molar-refractivity contribution in [1.29, 1.82) is 0 Å². The standard InChI is InChI=1S/C15H22N4O/c1-3-18-10-5-4-7-12(18)11-13-16-14-8-6-9-15(20-2)19(14)17-13/h6,8-9,12H,3-5,7,10-11H2,1-2H3. The topological polar surface area (TPSA) is 42.7 Å². The van der Waals surface area contributed by atoms with E-state index >= 15 is 0 Å². The number of likely N-dealkylation sites (tertiary alicyclic amines) is 1. The van der Waals surface area contributed by atoms with Gasteiger partial charge in [-0.25, -0.2) is 4.98 Å². The second-order valence-electron chi connectivity index (χ2n) is 5.35. The molecule has 1 aliphatic rings. The van der Waals surface area contributed by atoms with Crippen LogP contribution >= 0.6 is 0 Å². The second kappa shape index (κ2) is 5.79. The maximum absolute atomic E-state index is 5.32. The number of likely N-dealkylation sites (N-methyl/N-ethyl adjacent to an activating group) is 1. The predicted molar refractivity (Wildman–Crippen MR) is 78.1 cm³/mol. The lowest BCUT2D eigenvalue weighted by Gasteiger charge is -2.34. The average molecular weight is 274 g/mol. The third kappa shape index (κ3) is 2.50. The van der Waals surface area contributed by atoms with E-state index in [0.717, 1.165) is 30.3 Å². The van der Waals surface area contributed by atoms with E-state index in [1.165, 1.54) is 25.8 Å². The molecule has 1 atom stereocenters. The summed E-state index contributed by atoms with van der Waals surface area (Å²) in [6, 6.07) is 6.41. The molecule has 0 saturated carbocycles. The summed E-state index contributed by atoms with van der Waals surface area (Å²) in [7, 11) is 1.66. The summed E-state index contributed by atoms with van der Waals surface area (Å²) < 4.78 is 7.11. The molecule has 5 nitrogen and oxygen atoms in total. The minimum Gasteiger partial charge on any atom is -0.481 e. The summed E-state index contributed by atoms with van der Waals surface area (Å²) in [6.45, 7) is 4.55. The summed E-state index contributed by atoms with van der Waals surface area (Å²) in [6.07, 6.45) is 4.81. The molecule has 0 bridgehead atoms. The van der Waals surface area contributed by atoms with Gasteiger partial charge in [0.25, 0.3) is 0 Å². The van der Waals surface area contributed by atoms with Crippen molar-refractivity contribution in [1.82, 2.24) is 19.5 Å². The maximum Gasteiger partial charge on any atom is 0.216 e. The van der Waals surface area contributed by atoms with E-state index in [4.69, 9.17) is 4.74 Å². The monoisotopic (exact) mass is 274 g/mol. The molecular formula is C15H22N4O. The van der Waals surface area contributed by atoms with Gasteiger partial charge in [-0.3, -0.25) is 0 Å². The Labute approximate surface area is 119 Å². The first kappa shape index (κ1) is 13.4. The Balaban J connectivity index is 1.83. The summed E-state index contributed by atoms with van der Waals surface area (Å²) in [5, 5.41) is 4.60. The first-order valence-electron chi connectivity index (χ1n) is 7.44. The Kier molecular flexibility index (Phi) is 3.87. The third-order valence-corrected chi connectivity index (χ3v) is 4.15. The fraction of sp³-hybridized carbons (Fsp3) is 0.600. The van der Waals surface area contributed by atoms with Crippen molar-refractivity contribution in [3.05, 3.63) is 24.0 Å². The molecule has 3 rings (SSSR count). The van der Waals surface area contributed by atoms with Gasteiger partial charge in [-0.1, -0.05) is 19.4 Å². The van der Waals surface area contributed by atoms with Gasteiger partial charge in [-0.15, -0.1) is 5.10 Å². The SMILES string of the molecule is CCN1CCCCC1Cc1nc2cccc(OC)n2n1. The summed E-state index contributed by atoms with van der Waals surface area (Å²) in [5.41, 5.74) is 0.859. The minimum absolute atomic E-state index is 0.581. The number of aromatic nitrogens is 3. The zero-order valence-corrected chi connectivity index (χ0v) is 12.2. The van der Waals surface area contributed by atoms with E-state index in [2.05, 4.69) is 21.9 Å². The van der Waals surface area contributed by atoms with Gasteiger partial charge >= 0.3 is 0 Å². The van der Waals surface area contributed by atoms with Crippen LogP contribution in [0.5, 0.6) is 5.88 Å². The Bertz CT molecular complexity index is 580. The number of hydrogen-bond acceptors (Lipinski definition) is 4. The molecule has 0 radical (unpaired) electrons. The zero-order chi connectivity index (χ0) is 13.9. The van der Waals surface area contributed by atoms with E-state index in [9.17, 15) is 0 Å². The number of fused-ring (bicyclic) bond motifs is 1. The summed E-state index contributed by atoms with van der Waals surface area (Å²) in [5.74, 6) is 1.65. The highest BCUT2D eigenvalue weighted by atomic mass is 16.5. The lowest BCUT2D eigenvalue weighted by atomic mass is 9.99. The number of methoxy groups -OCH3 is 1. The van der Waals surface area contributed by atoms with Crippen LogP contribution in [-0.4, -0.2) is 45.7 Å². The number of hydrogen-bond donors (Lipinski definition) is 0. The molecule has 1 fully saturated rings. The van der Waals surface area contributed by atoms with Crippen molar-refractivity contribution in [2.45, 2.75) is 38.6 Å². The van der Waals surface area contributed by atoms with Crippen LogP contribution in [-0.2, 0) is 6.42 Å². The van der Waals surface area contributed by atoms with E-state index in [1.54, 1.807) is 11.6 Å². The van der Waals surface area contributed by atoms with Crippen molar-refractivity contribution in [3.8, 4) is 5.88 Å². The number of rotatable bonds is 4. The lowest BCUT2D eigenvalue weighted by Crippen LogP contribution is -2.40. The van der Waals surface area contributed by atoms with Crippen LogP contribution in [0.2, 0.25) is 0 Å². The largest absolute Gasteiger partial charge is 0.481 e. The van der Waals surface area contributed by atoms with E-state index in [-0.39, 0.29) is 0 Å². The highest BCUT2D eigenvalue weighted by Gasteiger charge is 2.23. The maximum atomic E-state index is 5.32. The number of nitrogens with zero attached hydrogens (tertiary/aromatic N) is 4. The molecule has 2 aromatic heterocycles. The van der Waals surface area contributed by atoms with Crippen LogP contribution in [0, 0.1) is 0 Å². The van der Waals surface area contributed by atoms with Gasteiger partial charge in [-0.2, -0.15) is 4.52 Å². The Morgan fingerprint density at radius 1 is 1.35 bits per heavy atom. The molecule has 0 N–H and O–H groups in total. The molecule has 1 unspecified atom stereocenters. The normalized spacial score (nSPS) is 20.4. The molecule has 0 aliphatic carbocycles. The Morgan fingerprint density at radius 2 is 2.25 bits per heavy atom. The van der Waals surface area contributed by atoms with Gasteiger partial charge in [0.05, 0.1) is 7.11 Å². The van der Waals surface area contributed by atoms with Crippen molar-refractivity contribution >= 4 is 5.65 Å². The molecule has 3 heterocycles. The first-order chi connectivity index (χ1) is 9.81. The van der Waals surface area contributed by atoms with E-state index < -0.39 is 0 Å². The van der Waals surface area contributed by atoms with Crippen LogP contribution in [0.1, 0.15) is 32.0 Å². The molecular weight excluding hydrogens is 252 g/mol. The van der Waals surface area contributed by atoms with Crippen LogP contribution in [0.15, 0.2) is 18.2 Å². The van der Waals surface area contributed by atoms with Gasteiger partial charge in [0, 0.05) is 18.5 Å². The molecule has 5 heteroatoms. The highest BCUT2D eigenvalue weighted by Crippen LogP contribution is 2.20. The van der Waals surface area contributed by atoms with Gasteiger partial charge in [0.1, 0.15) is 0 Å². The van der Waals surface area contributed by atoms with Crippen LogP contribution in [0.25, 0.3) is 5.65 Å². The van der Waals surface area contributed by atoms with Gasteiger partial charge < -0.3 is 9.64 Å². The van der Waals surface area contributed by atoms with Crippen molar-refractivity contribution in [2.24, 2.45) is 0 Å². The number of piperidine rings is 1. The third-order valence-electron chi connectivity index (χ3n) is 4.15. The zero-order valence-electron chi connectivity index (χ0n) is 12.2. The Hall–Kier alpha value is -1.62. The van der Waals surface area contributed by atoms with Gasteiger partial charge in [0.15, 0.2) is 11.5 Å². The molecule has 0 amide bonds. The van der Waals surface area contributed by atoms with Gasteiger partial charge in [-0.05, 0) is 32.0 Å². The summed E-state index contributed by atoms with van der Waals surface area (Å²) >= 11 is 0. The summed E-state index contributed by atoms with van der Waals surface area (Å²) in [4.78, 5) is 7.18. The minimum atomic E-state index is 0.581. The smallest absolute Gasteiger partial charge is 0.216 e. The molecule has 2 aromatic rings. The molecule has 1 saturated heterocycles. The fourth-order valence-corrected chi connectivity index (χ4v) is 3.08. The van der Waals surface area contributed by atoms with E-state index in [1.807, 2.05) is 18.2 Å². The van der Waals surface area contributed by atoms with Crippen molar-refractivity contribution in [3.63, 3.8) is 0 Å². The second-order valence-corrected chi connectivity index (χ2v) is 5.35. The lowest BCUT2D eigenvalue weighted by molar-refractivity contribution is 0.153. The highest BCUT2D eigenvalue weighted by molar-refractivity contribution is 5.40. The number of pyridine rings is 1. The van der Waals surface area contributed by atoms with Crippen LogP contribution in [0.4, 0.5) is 0 Å². The quantitative estimate of drug-likeness (QED) is 0.857. The molecule has 0 spiro atoms. The molecule has 1 aliphatic heterocycles. The van der Waals surface area contributed by atoms with Crippen molar-refractivity contribution < 1.29 is 4.74 Å². The molecule has 0 aromatic carbocycles. The Morgan fingerprint density at radius 3 is 3.05 bits per heavy atom. The molecule has 20 heavy (non-hydrogen) atoms. The van der Waals surface area contributed by atoms with Crippen LogP contribution in [0.3, 0.4) is 0 Å². The predicted octanol–water partition coefficient (Wildman–Crippen LogP) is 2.15. The van der Waals surface area contributed by atoms with E-state index in [0.29, 0.717) is 6.04 Å². The first-order valence-corrected chi connectivity index (χ1v) is 7.44. The van der Waals surface area contributed by atoms with Crippen LogP contribution < -0.4 is 4.74 Å². The van der Waals surface area contributed by atoms with Crippen molar-refractivity contribution in [2.75, 3.05) is 20.2 Å². The average Bonchev–Trinajstić information content (AvgIpc) is 2.90. The fourth-order valence-electron chi connectivity index (χ4n) is 3.08. The number of ether oxygens (including phenoxy) is 1. The molecule has 108 valence electrons. The van der Waals surface area contributed by atoms with Gasteiger partial charge in [0.2, 0.25) is 5.88 Å².